The Bertz CT molecular complexity index is 493. The summed E-state index contributed by atoms with van der Waals surface area (Å²) in [6.07, 6.45) is 2.04. The van der Waals surface area contributed by atoms with E-state index in [1.165, 1.54) is 5.69 Å². The molecular formula is C17H27N3O2. The number of hydrogen-bond donors (Lipinski definition) is 2. The molecule has 0 aliphatic carbocycles. The summed E-state index contributed by atoms with van der Waals surface area (Å²) in [7, 11) is 1.69. The molecule has 1 aliphatic heterocycles. The molecule has 5 heteroatoms. The van der Waals surface area contributed by atoms with E-state index in [4.69, 9.17) is 4.74 Å². The Balaban J connectivity index is 1.79. The summed E-state index contributed by atoms with van der Waals surface area (Å²) in [6, 6.07) is 8.29. The van der Waals surface area contributed by atoms with E-state index in [1.54, 1.807) is 7.11 Å². The third-order valence-electron chi connectivity index (χ3n) is 4.25. The lowest BCUT2D eigenvalue weighted by Crippen LogP contribution is -2.42. The molecule has 0 unspecified atom stereocenters. The molecule has 5 nitrogen and oxygen atoms in total. The number of anilines is 1. The Morgan fingerprint density at radius 1 is 1.50 bits per heavy atom. The highest BCUT2D eigenvalue weighted by molar-refractivity contribution is 5.74. The van der Waals surface area contributed by atoms with Gasteiger partial charge in [-0.3, -0.25) is 0 Å². The van der Waals surface area contributed by atoms with Gasteiger partial charge in [-0.2, -0.15) is 0 Å². The average Bonchev–Trinajstić information content (AvgIpc) is 3.02. The zero-order valence-electron chi connectivity index (χ0n) is 13.8. The molecule has 122 valence electrons. The molecule has 1 aromatic carbocycles. The molecular weight excluding hydrogens is 278 g/mol. The van der Waals surface area contributed by atoms with Crippen LogP contribution in [0.3, 0.4) is 0 Å². The molecule has 1 heterocycles. The van der Waals surface area contributed by atoms with Gasteiger partial charge in [-0.1, -0.05) is 13.0 Å². The number of nitrogens with one attached hydrogen (secondary N) is 2. The van der Waals surface area contributed by atoms with Crippen molar-refractivity contribution in [3.8, 4) is 5.75 Å². The van der Waals surface area contributed by atoms with Crippen LogP contribution in [0.5, 0.6) is 5.75 Å². The van der Waals surface area contributed by atoms with Crippen molar-refractivity contribution in [2.75, 3.05) is 31.6 Å². The molecule has 1 aliphatic rings. The van der Waals surface area contributed by atoms with E-state index in [2.05, 4.69) is 34.6 Å². The third kappa shape index (κ3) is 4.55. The fourth-order valence-electron chi connectivity index (χ4n) is 2.65. The molecule has 0 bridgehead atoms. The first-order chi connectivity index (χ1) is 10.6. The van der Waals surface area contributed by atoms with E-state index in [9.17, 15) is 4.79 Å². The van der Waals surface area contributed by atoms with Crippen molar-refractivity contribution in [3.05, 3.63) is 24.3 Å². The number of nitrogens with zero attached hydrogens (tertiary/aromatic N) is 1. The van der Waals surface area contributed by atoms with Crippen molar-refractivity contribution in [1.82, 2.24) is 10.6 Å². The number of hydrogen-bond acceptors (Lipinski definition) is 3. The predicted molar refractivity (Wildman–Crippen MR) is 89.6 cm³/mol. The van der Waals surface area contributed by atoms with Crippen LogP contribution in [0.15, 0.2) is 24.3 Å². The minimum absolute atomic E-state index is 0.0609. The Kier molecular flexibility index (Phi) is 5.92. The molecule has 22 heavy (non-hydrogen) atoms. The Hall–Kier alpha value is -1.91. The van der Waals surface area contributed by atoms with Crippen molar-refractivity contribution in [2.24, 2.45) is 5.92 Å². The lowest BCUT2D eigenvalue weighted by molar-refractivity contribution is 0.236. The summed E-state index contributed by atoms with van der Waals surface area (Å²) >= 11 is 0. The van der Waals surface area contributed by atoms with E-state index >= 15 is 0 Å². The largest absolute Gasteiger partial charge is 0.497 e. The SMILES string of the molecule is CC[C@@H](C)NC(=O)NC[C@@H]1CCN(c2cccc(OC)c2)C1. The number of urea groups is 1. The van der Waals surface area contributed by atoms with Gasteiger partial charge in [0.25, 0.3) is 0 Å². The van der Waals surface area contributed by atoms with E-state index in [1.807, 2.05) is 19.1 Å². The molecule has 2 rings (SSSR count). The number of carbonyl (C=O) groups is 1. The first-order valence-electron chi connectivity index (χ1n) is 8.05. The quantitative estimate of drug-likeness (QED) is 0.849. The summed E-state index contributed by atoms with van der Waals surface area (Å²) in [5.74, 6) is 1.38. The average molecular weight is 305 g/mol. The fraction of sp³-hybridized carbons (Fsp3) is 0.588. The van der Waals surface area contributed by atoms with Crippen LogP contribution in [0.1, 0.15) is 26.7 Å². The van der Waals surface area contributed by atoms with Crippen molar-refractivity contribution in [3.63, 3.8) is 0 Å². The molecule has 0 aromatic heterocycles. The number of rotatable bonds is 6. The van der Waals surface area contributed by atoms with Crippen LogP contribution < -0.4 is 20.3 Å². The first kappa shape index (κ1) is 16.5. The predicted octanol–water partition coefficient (Wildman–Crippen LogP) is 2.62. The van der Waals surface area contributed by atoms with E-state index in [-0.39, 0.29) is 12.1 Å². The Morgan fingerprint density at radius 2 is 2.32 bits per heavy atom. The zero-order valence-corrected chi connectivity index (χ0v) is 13.8. The molecule has 1 fully saturated rings. The number of carbonyl (C=O) groups excluding carboxylic acids is 1. The molecule has 1 saturated heterocycles. The number of methoxy groups -OCH3 is 1. The molecule has 2 atom stereocenters. The molecule has 1 aromatic rings. The summed E-state index contributed by atoms with van der Waals surface area (Å²) in [6.45, 7) is 6.79. The minimum Gasteiger partial charge on any atom is -0.497 e. The van der Waals surface area contributed by atoms with Gasteiger partial charge in [0, 0.05) is 37.4 Å². The van der Waals surface area contributed by atoms with E-state index < -0.39 is 0 Å². The molecule has 0 saturated carbocycles. The van der Waals surface area contributed by atoms with Gasteiger partial charge in [-0.25, -0.2) is 4.79 Å². The van der Waals surface area contributed by atoms with Crippen LogP contribution in [0.25, 0.3) is 0 Å². The minimum atomic E-state index is -0.0609. The van der Waals surface area contributed by atoms with E-state index in [0.29, 0.717) is 5.92 Å². The van der Waals surface area contributed by atoms with Crippen molar-refractivity contribution < 1.29 is 9.53 Å². The molecule has 0 radical (unpaired) electrons. The number of ether oxygens (including phenoxy) is 1. The summed E-state index contributed by atoms with van der Waals surface area (Å²) < 4.78 is 5.28. The van der Waals surface area contributed by atoms with Crippen LogP contribution in [0.2, 0.25) is 0 Å². The van der Waals surface area contributed by atoms with Gasteiger partial charge < -0.3 is 20.3 Å². The lowest BCUT2D eigenvalue weighted by atomic mass is 10.1. The second kappa shape index (κ2) is 7.92. The van der Waals surface area contributed by atoms with Crippen molar-refractivity contribution >= 4 is 11.7 Å². The van der Waals surface area contributed by atoms with Crippen LogP contribution in [-0.4, -0.2) is 38.8 Å². The van der Waals surface area contributed by atoms with Gasteiger partial charge >= 0.3 is 6.03 Å². The van der Waals surface area contributed by atoms with Crippen molar-refractivity contribution in [1.29, 1.82) is 0 Å². The Labute approximate surface area is 133 Å². The van der Waals surface area contributed by atoms with Gasteiger partial charge in [0.2, 0.25) is 0 Å². The molecule has 2 amide bonds. The molecule has 2 N–H and O–H groups in total. The van der Waals surface area contributed by atoms with Crippen LogP contribution in [0, 0.1) is 5.92 Å². The maximum absolute atomic E-state index is 11.8. The zero-order chi connectivity index (χ0) is 15.9. The summed E-state index contributed by atoms with van der Waals surface area (Å²) in [4.78, 5) is 14.1. The summed E-state index contributed by atoms with van der Waals surface area (Å²) in [5.41, 5.74) is 1.19. The number of amides is 2. The van der Waals surface area contributed by atoms with E-state index in [0.717, 1.165) is 38.2 Å². The van der Waals surface area contributed by atoms with Gasteiger partial charge in [-0.05, 0) is 37.8 Å². The standard InChI is InChI=1S/C17H27N3O2/c1-4-13(2)19-17(21)18-11-14-8-9-20(12-14)15-6-5-7-16(10-15)22-3/h5-7,10,13-14H,4,8-9,11-12H2,1-3H3,(H2,18,19,21)/t13-,14+/m1/s1. The lowest BCUT2D eigenvalue weighted by Gasteiger charge is -2.20. The van der Waals surface area contributed by atoms with Gasteiger partial charge in [0.05, 0.1) is 7.11 Å². The van der Waals surface area contributed by atoms with Gasteiger partial charge in [0.1, 0.15) is 5.75 Å². The monoisotopic (exact) mass is 305 g/mol. The first-order valence-corrected chi connectivity index (χ1v) is 8.05. The smallest absolute Gasteiger partial charge is 0.315 e. The second-order valence-corrected chi connectivity index (χ2v) is 5.97. The normalized spacial score (nSPS) is 18.9. The van der Waals surface area contributed by atoms with Crippen molar-refractivity contribution in [2.45, 2.75) is 32.7 Å². The maximum Gasteiger partial charge on any atom is 0.315 e. The fourth-order valence-corrected chi connectivity index (χ4v) is 2.65. The summed E-state index contributed by atoms with van der Waals surface area (Å²) in [5, 5.41) is 5.91. The second-order valence-electron chi connectivity index (χ2n) is 5.97. The maximum atomic E-state index is 11.8. The topological polar surface area (TPSA) is 53.6 Å². The van der Waals surface area contributed by atoms with Crippen LogP contribution >= 0.6 is 0 Å². The van der Waals surface area contributed by atoms with Gasteiger partial charge in [0.15, 0.2) is 0 Å². The highest BCUT2D eigenvalue weighted by Gasteiger charge is 2.23. The number of benzene rings is 1. The highest BCUT2D eigenvalue weighted by Crippen LogP contribution is 2.26. The molecule has 0 spiro atoms. The third-order valence-corrected chi connectivity index (χ3v) is 4.25. The Morgan fingerprint density at radius 3 is 3.05 bits per heavy atom. The highest BCUT2D eigenvalue weighted by atomic mass is 16.5. The van der Waals surface area contributed by atoms with Gasteiger partial charge in [-0.15, -0.1) is 0 Å². The van der Waals surface area contributed by atoms with Crippen LogP contribution in [-0.2, 0) is 0 Å². The van der Waals surface area contributed by atoms with Crippen LogP contribution in [0.4, 0.5) is 10.5 Å².